The largest absolute Gasteiger partial charge is 0.494 e. The first-order valence-corrected chi connectivity index (χ1v) is 3.88. The number of allylic oxidation sites excluding steroid dienone is 1. The molecule has 0 atom stereocenters. The third kappa shape index (κ3) is 1.81. The average molecular weight is 167 g/mol. The molecule has 0 aliphatic rings. The molecule has 0 fully saturated rings. The van der Waals surface area contributed by atoms with Gasteiger partial charge in [0, 0.05) is 18.3 Å². The van der Waals surface area contributed by atoms with Gasteiger partial charge < -0.3 is 10.2 Å². The SMILES string of the molecule is CC(C)C=Cn1c(O)ccc1O. The van der Waals surface area contributed by atoms with Crippen LogP contribution in [-0.2, 0) is 0 Å². The Labute approximate surface area is 71.6 Å². The van der Waals surface area contributed by atoms with Gasteiger partial charge in [-0.1, -0.05) is 19.9 Å². The van der Waals surface area contributed by atoms with Gasteiger partial charge in [-0.15, -0.1) is 0 Å². The first-order chi connectivity index (χ1) is 5.61. The fourth-order valence-electron chi connectivity index (χ4n) is 0.838. The molecule has 1 aromatic heterocycles. The maximum Gasteiger partial charge on any atom is 0.198 e. The van der Waals surface area contributed by atoms with Crippen LogP contribution in [0.3, 0.4) is 0 Å². The van der Waals surface area contributed by atoms with Crippen LogP contribution in [0.15, 0.2) is 18.2 Å². The molecule has 0 amide bonds. The average Bonchev–Trinajstić information content (AvgIpc) is 2.28. The highest BCUT2D eigenvalue weighted by Crippen LogP contribution is 2.21. The molecule has 1 aromatic rings. The maximum atomic E-state index is 9.20. The third-order valence-electron chi connectivity index (χ3n) is 1.50. The zero-order chi connectivity index (χ0) is 9.14. The Bertz CT molecular complexity index is 267. The van der Waals surface area contributed by atoms with Gasteiger partial charge in [-0.25, -0.2) is 0 Å². The van der Waals surface area contributed by atoms with E-state index >= 15 is 0 Å². The van der Waals surface area contributed by atoms with Crippen LogP contribution in [0.1, 0.15) is 13.8 Å². The lowest BCUT2D eigenvalue weighted by Gasteiger charge is -1.99. The van der Waals surface area contributed by atoms with Crippen LogP contribution in [0, 0.1) is 5.92 Å². The molecule has 0 saturated heterocycles. The number of aromatic hydroxyl groups is 2. The van der Waals surface area contributed by atoms with Crippen molar-refractivity contribution in [3.63, 3.8) is 0 Å². The molecule has 2 N–H and O–H groups in total. The molecule has 0 spiro atoms. The molecule has 0 aliphatic carbocycles. The summed E-state index contributed by atoms with van der Waals surface area (Å²) >= 11 is 0. The molecule has 1 heterocycles. The molecule has 0 aromatic carbocycles. The van der Waals surface area contributed by atoms with E-state index in [4.69, 9.17) is 0 Å². The summed E-state index contributed by atoms with van der Waals surface area (Å²) < 4.78 is 1.32. The predicted octanol–water partition coefficient (Wildman–Crippen LogP) is 2.03. The summed E-state index contributed by atoms with van der Waals surface area (Å²) in [6.07, 6.45) is 3.54. The monoisotopic (exact) mass is 167 g/mol. The first kappa shape index (κ1) is 8.71. The Balaban J connectivity index is 2.87. The van der Waals surface area contributed by atoms with Gasteiger partial charge in [0.1, 0.15) is 0 Å². The second kappa shape index (κ2) is 3.34. The predicted molar refractivity (Wildman–Crippen MR) is 47.9 cm³/mol. The van der Waals surface area contributed by atoms with Gasteiger partial charge in [0.15, 0.2) is 11.8 Å². The van der Waals surface area contributed by atoms with E-state index in [0.717, 1.165) is 0 Å². The highest BCUT2D eigenvalue weighted by atomic mass is 16.3. The molecule has 12 heavy (non-hydrogen) atoms. The first-order valence-electron chi connectivity index (χ1n) is 3.88. The third-order valence-corrected chi connectivity index (χ3v) is 1.50. The van der Waals surface area contributed by atoms with Crippen LogP contribution in [0.25, 0.3) is 6.20 Å². The van der Waals surface area contributed by atoms with Gasteiger partial charge >= 0.3 is 0 Å². The van der Waals surface area contributed by atoms with E-state index in [1.54, 1.807) is 6.20 Å². The van der Waals surface area contributed by atoms with Crippen molar-refractivity contribution in [2.24, 2.45) is 5.92 Å². The fourth-order valence-corrected chi connectivity index (χ4v) is 0.838. The minimum atomic E-state index is 0.0457. The number of rotatable bonds is 2. The van der Waals surface area contributed by atoms with Crippen LogP contribution in [0.5, 0.6) is 11.8 Å². The quantitative estimate of drug-likeness (QED) is 0.707. The Morgan fingerprint density at radius 1 is 1.25 bits per heavy atom. The van der Waals surface area contributed by atoms with Crippen LogP contribution < -0.4 is 0 Å². The Morgan fingerprint density at radius 2 is 1.75 bits per heavy atom. The summed E-state index contributed by atoms with van der Waals surface area (Å²) in [5.41, 5.74) is 0. The van der Waals surface area contributed by atoms with Crippen molar-refractivity contribution in [3.05, 3.63) is 18.2 Å². The Morgan fingerprint density at radius 3 is 2.17 bits per heavy atom. The van der Waals surface area contributed by atoms with E-state index in [1.807, 2.05) is 19.9 Å². The fraction of sp³-hybridized carbons (Fsp3) is 0.333. The smallest absolute Gasteiger partial charge is 0.198 e. The number of hydrogen-bond acceptors (Lipinski definition) is 2. The summed E-state index contributed by atoms with van der Waals surface area (Å²) in [5.74, 6) is 0.486. The Hall–Kier alpha value is -1.38. The summed E-state index contributed by atoms with van der Waals surface area (Å²) in [6, 6.07) is 2.89. The lowest BCUT2D eigenvalue weighted by molar-refractivity contribution is 0.407. The highest BCUT2D eigenvalue weighted by Gasteiger charge is 2.00. The molecular formula is C9H13NO2. The van der Waals surface area contributed by atoms with E-state index in [0.29, 0.717) is 5.92 Å². The lowest BCUT2D eigenvalue weighted by atomic mass is 10.2. The molecular weight excluding hydrogens is 154 g/mol. The van der Waals surface area contributed by atoms with Crippen LogP contribution >= 0.6 is 0 Å². The second-order valence-electron chi connectivity index (χ2n) is 3.01. The summed E-state index contributed by atoms with van der Waals surface area (Å²) in [7, 11) is 0. The standard InChI is InChI=1S/C9H13NO2/c1-7(2)5-6-10-8(11)3-4-9(10)12/h3-7,11-12H,1-2H3. The number of nitrogens with zero attached hydrogens (tertiary/aromatic N) is 1. The second-order valence-corrected chi connectivity index (χ2v) is 3.01. The topological polar surface area (TPSA) is 45.4 Å². The molecule has 3 heteroatoms. The summed E-state index contributed by atoms with van der Waals surface area (Å²) in [4.78, 5) is 0. The van der Waals surface area contributed by atoms with Crippen molar-refractivity contribution in [1.29, 1.82) is 0 Å². The molecule has 3 nitrogen and oxygen atoms in total. The van der Waals surface area contributed by atoms with Gasteiger partial charge in [-0.3, -0.25) is 4.57 Å². The van der Waals surface area contributed by atoms with Gasteiger partial charge in [-0.2, -0.15) is 0 Å². The van der Waals surface area contributed by atoms with Gasteiger partial charge in [-0.05, 0) is 5.92 Å². The van der Waals surface area contributed by atoms with E-state index in [-0.39, 0.29) is 11.8 Å². The molecule has 0 radical (unpaired) electrons. The molecule has 0 saturated carbocycles. The van der Waals surface area contributed by atoms with Crippen LogP contribution in [0.4, 0.5) is 0 Å². The Kier molecular flexibility index (Phi) is 2.43. The van der Waals surface area contributed by atoms with E-state index in [2.05, 4.69) is 0 Å². The van der Waals surface area contributed by atoms with Gasteiger partial charge in [0.05, 0.1) is 0 Å². The van der Waals surface area contributed by atoms with Gasteiger partial charge in [0.2, 0.25) is 0 Å². The van der Waals surface area contributed by atoms with Gasteiger partial charge in [0.25, 0.3) is 0 Å². The minimum absolute atomic E-state index is 0.0457. The molecule has 0 aliphatic heterocycles. The number of hydrogen-bond donors (Lipinski definition) is 2. The van der Waals surface area contributed by atoms with Crippen LogP contribution in [0.2, 0.25) is 0 Å². The van der Waals surface area contributed by atoms with Crippen molar-refractivity contribution in [2.45, 2.75) is 13.8 Å². The molecule has 0 bridgehead atoms. The molecule has 66 valence electrons. The zero-order valence-electron chi connectivity index (χ0n) is 7.23. The van der Waals surface area contributed by atoms with Crippen LogP contribution in [-0.4, -0.2) is 14.8 Å². The van der Waals surface area contributed by atoms with E-state index < -0.39 is 0 Å². The van der Waals surface area contributed by atoms with Crippen molar-refractivity contribution in [2.75, 3.05) is 0 Å². The van der Waals surface area contributed by atoms with Crippen molar-refractivity contribution in [1.82, 2.24) is 4.57 Å². The van der Waals surface area contributed by atoms with E-state index in [1.165, 1.54) is 16.7 Å². The minimum Gasteiger partial charge on any atom is -0.494 e. The molecule has 0 unspecified atom stereocenters. The summed E-state index contributed by atoms with van der Waals surface area (Å²) in [6.45, 7) is 4.04. The maximum absolute atomic E-state index is 9.20. The molecule has 1 rings (SSSR count). The normalized spacial score (nSPS) is 11.6. The van der Waals surface area contributed by atoms with Crippen molar-refractivity contribution in [3.8, 4) is 11.8 Å². The zero-order valence-corrected chi connectivity index (χ0v) is 7.23. The van der Waals surface area contributed by atoms with E-state index in [9.17, 15) is 10.2 Å². The van der Waals surface area contributed by atoms with Crippen molar-refractivity contribution < 1.29 is 10.2 Å². The highest BCUT2D eigenvalue weighted by molar-refractivity contribution is 5.38. The number of aromatic nitrogens is 1. The lowest BCUT2D eigenvalue weighted by Crippen LogP contribution is -1.85. The summed E-state index contributed by atoms with van der Waals surface area (Å²) in [5, 5.41) is 18.4. The van der Waals surface area contributed by atoms with Crippen molar-refractivity contribution >= 4 is 6.20 Å².